The van der Waals surface area contributed by atoms with Crippen LogP contribution in [0.4, 0.5) is 16.0 Å². The van der Waals surface area contributed by atoms with Crippen molar-refractivity contribution in [3.05, 3.63) is 47.5 Å². The van der Waals surface area contributed by atoms with Crippen molar-refractivity contribution in [3.63, 3.8) is 0 Å². The quantitative estimate of drug-likeness (QED) is 0.912. The van der Waals surface area contributed by atoms with Gasteiger partial charge in [-0.15, -0.1) is 0 Å². The number of hydrogen-bond donors (Lipinski definition) is 2. The Balaban J connectivity index is 2.24. The van der Waals surface area contributed by atoms with Gasteiger partial charge < -0.3 is 10.6 Å². The predicted molar refractivity (Wildman–Crippen MR) is 84.5 cm³/mol. The zero-order valence-electron chi connectivity index (χ0n) is 13.1. The van der Waals surface area contributed by atoms with E-state index in [-0.39, 0.29) is 16.9 Å². The number of nitrogens with one attached hydrogen (secondary N) is 2. The fourth-order valence-corrected chi connectivity index (χ4v) is 1.83. The molecule has 0 fully saturated rings. The average Bonchev–Trinajstić information content (AvgIpc) is 2.38. The summed E-state index contributed by atoms with van der Waals surface area (Å²) < 4.78 is 13.6. The van der Waals surface area contributed by atoms with Crippen molar-refractivity contribution in [2.75, 3.05) is 10.6 Å². The Kier molecular flexibility index (Phi) is 4.40. The van der Waals surface area contributed by atoms with E-state index in [1.807, 2.05) is 20.8 Å². The van der Waals surface area contributed by atoms with Crippen molar-refractivity contribution in [2.24, 2.45) is 0 Å². The molecule has 6 heteroatoms. The summed E-state index contributed by atoms with van der Waals surface area (Å²) in [5.41, 5.74) is 0.726. The lowest BCUT2D eigenvalue weighted by atomic mass is 10.1. The molecule has 0 aliphatic heterocycles. The molecular formula is C16H19FN4O. The lowest BCUT2D eigenvalue weighted by Crippen LogP contribution is -2.28. The smallest absolute Gasteiger partial charge is 0.274 e. The molecule has 0 aliphatic rings. The van der Waals surface area contributed by atoms with Gasteiger partial charge in [-0.2, -0.15) is 0 Å². The number of anilines is 2. The predicted octanol–water partition coefficient (Wildman–Crippen LogP) is 3.39. The lowest BCUT2D eigenvalue weighted by molar-refractivity contribution is 0.102. The van der Waals surface area contributed by atoms with Gasteiger partial charge in [-0.3, -0.25) is 4.79 Å². The highest BCUT2D eigenvalue weighted by atomic mass is 19.1. The van der Waals surface area contributed by atoms with E-state index in [2.05, 4.69) is 20.6 Å². The first-order valence-corrected chi connectivity index (χ1v) is 6.94. The minimum Gasteiger partial charge on any atom is -0.350 e. The molecule has 1 heterocycles. The second kappa shape index (κ2) is 6.09. The van der Waals surface area contributed by atoms with Gasteiger partial charge in [0.25, 0.3) is 5.91 Å². The van der Waals surface area contributed by atoms with Crippen LogP contribution in [0.5, 0.6) is 0 Å². The van der Waals surface area contributed by atoms with Gasteiger partial charge in [0, 0.05) is 11.2 Å². The van der Waals surface area contributed by atoms with Crippen LogP contribution in [0.15, 0.2) is 30.3 Å². The molecule has 22 heavy (non-hydrogen) atoms. The van der Waals surface area contributed by atoms with Gasteiger partial charge in [0.2, 0.25) is 5.95 Å². The Bertz CT molecular complexity index is 695. The van der Waals surface area contributed by atoms with Crippen molar-refractivity contribution in [2.45, 2.75) is 33.2 Å². The molecule has 0 saturated heterocycles. The fourth-order valence-electron chi connectivity index (χ4n) is 1.83. The topological polar surface area (TPSA) is 66.9 Å². The third kappa shape index (κ3) is 4.25. The van der Waals surface area contributed by atoms with Gasteiger partial charge in [0.15, 0.2) is 0 Å². The van der Waals surface area contributed by atoms with E-state index < -0.39 is 11.7 Å². The van der Waals surface area contributed by atoms with Gasteiger partial charge in [-0.25, -0.2) is 14.4 Å². The van der Waals surface area contributed by atoms with Crippen LogP contribution in [-0.2, 0) is 0 Å². The molecule has 0 spiro atoms. The van der Waals surface area contributed by atoms with Crippen molar-refractivity contribution >= 4 is 17.5 Å². The lowest BCUT2D eigenvalue weighted by Gasteiger charge is -2.20. The Morgan fingerprint density at radius 2 is 1.86 bits per heavy atom. The average molecular weight is 302 g/mol. The molecule has 0 saturated carbocycles. The second-order valence-electron chi connectivity index (χ2n) is 6.03. The Labute approximate surface area is 129 Å². The van der Waals surface area contributed by atoms with Crippen LogP contribution in [0.1, 0.15) is 37.0 Å². The summed E-state index contributed by atoms with van der Waals surface area (Å²) in [5, 5.41) is 5.63. The summed E-state index contributed by atoms with van der Waals surface area (Å²) in [6.07, 6.45) is 0. The molecule has 2 N–H and O–H groups in total. The summed E-state index contributed by atoms with van der Waals surface area (Å²) in [6, 6.07) is 7.55. The Morgan fingerprint density at radius 3 is 2.50 bits per heavy atom. The standard InChI is InChI=1S/C16H19FN4O/c1-10-9-13(20-15(18-10)21-16(2,3)4)14(22)19-12-8-6-5-7-11(12)17/h5-9H,1-4H3,(H,19,22)(H,18,20,21). The molecule has 2 aromatic rings. The third-order valence-electron chi connectivity index (χ3n) is 2.70. The molecule has 0 atom stereocenters. The van der Waals surface area contributed by atoms with Gasteiger partial charge in [0.1, 0.15) is 11.5 Å². The summed E-state index contributed by atoms with van der Waals surface area (Å²) in [5.74, 6) is -0.603. The molecule has 2 rings (SSSR count). The summed E-state index contributed by atoms with van der Waals surface area (Å²) >= 11 is 0. The summed E-state index contributed by atoms with van der Waals surface area (Å²) in [7, 11) is 0. The normalized spacial score (nSPS) is 11.1. The molecule has 0 bridgehead atoms. The molecule has 0 radical (unpaired) electrons. The number of nitrogens with zero attached hydrogens (tertiary/aromatic N) is 2. The number of halogens is 1. The number of benzene rings is 1. The van der Waals surface area contributed by atoms with E-state index in [1.54, 1.807) is 25.1 Å². The maximum Gasteiger partial charge on any atom is 0.274 e. The van der Waals surface area contributed by atoms with Gasteiger partial charge >= 0.3 is 0 Å². The van der Waals surface area contributed by atoms with Crippen LogP contribution in [0, 0.1) is 12.7 Å². The number of hydrogen-bond acceptors (Lipinski definition) is 4. The third-order valence-corrected chi connectivity index (χ3v) is 2.70. The van der Waals surface area contributed by atoms with E-state index in [4.69, 9.17) is 0 Å². The van der Waals surface area contributed by atoms with Crippen LogP contribution in [0.25, 0.3) is 0 Å². The number of aryl methyl sites for hydroxylation is 1. The number of aromatic nitrogens is 2. The number of para-hydroxylation sites is 1. The van der Waals surface area contributed by atoms with Gasteiger partial charge in [0.05, 0.1) is 5.69 Å². The monoisotopic (exact) mass is 302 g/mol. The van der Waals surface area contributed by atoms with E-state index in [9.17, 15) is 9.18 Å². The van der Waals surface area contributed by atoms with Crippen molar-refractivity contribution in [1.82, 2.24) is 9.97 Å². The Hall–Kier alpha value is -2.50. The van der Waals surface area contributed by atoms with Crippen LogP contribution >= 0.6 is 0 Å². The van der Waals surface area contributed by atoms with Crippen LogP contribution in [-0.4, -0.2) is 21.4 Å². The highest BCUT2D eigenvalue weighted by molar-refractivity contribution is 6.03. The van der Waals surface area contributed by atoms with E-state index in [1.165, 1.54) is 12.1 Å². The van der Waals surface area contributed by atoms with Crippen LogP contribution in [0.2, 0.25) is 0 Å². The zero-order chi connectivity index (χ0) is 16.3. The highest BCUT2D eigenvalue weighted by Gasteiger charge is 2.16. The minimum absolute atomic E-state index is 0.120. The molecular weight excluding hydrogens is 283 g/mol. The van der Waals surface area contributed by atoms with Crippen LogP contribution < -0.4 is 10.6 Å². The molecule has 0 unspecified atom stereocenters. The Morgan fingerprint density at radius 1 is 1.18 bits per heavy atom. The molecule has 1 amide bonds. The van der Waals surface area contributed by atoms with E-state index in [0.29, 0.717) is 11.6 Å². The molecule has 116 valence electrons. The van der Waals surface area contributed by atoms with Gasteiger partial charge in [-0.05, 0) is 45.9 Å². The first-order valence-electron chi connectivity index (χ1n) is 6.94. The number of amides is 1. The second-order valence-corrected chi connectivity index (χ2v) is 6.03. The van der Waals surface area contributed by atoms with Crippen molar-refractivity contribution < 1.29 is 9.18 Å². The first-order chi connectivity index (χ1) is 10.2. The minimum atomic E-state index is -0.491. The highest BCUT2D eigenvalue weighted by Crippen LogP contribution is 2.15. The van der Waals surface area contributed by atoms with Crippen LogP contribution in [0.3, 0.4) is 0 Å². The van der Waals surface area contributed by atoms with Crippen molar-refractivity contribution in [3.8, 4) is 0 Å². The van der Waals surface area contributed by atoms with Crippen molar-refractivity contribution in [1.29, 1.82) is 0 Å². The summed E-state index contributed by atoms with van der Waals surface area (Å²) in [6.45, 7) is 7.68. The number of carbonyl (C=O) groups excluding carboxylic acids is 1. The molecule has 0 aliphatic carbocycles. The van der Waals surface area contributed by atoms with E-state index in [0.717, 1.165) is 0 Å². The maximum atomic E-state index is 13.6. The summed E-state index contributed by atoms with van der Waals surface area (Å²) in [4.78, 5) is 20.7. The molecule has 1 aromatic carbocycles. The number of rotatable bonds is 3. The number of carbonyl (C=O) groups is 1. The first kappa shape index (κ1) is 15.9. The zero-order valence-corrected chi connectivity index (χ0v) is 13.1. The molecule has 5 nitrogen and oxygen atoms in total. The van der Waals surface area contributed by atoms with E-state index >= 15 is 0 Å². The van der Waals surface area contributed by atoms with Gasteiger partial charge in [-0.1, -0.05) is 12.1 Å². The maximum absolute atomic E-state index is 13.6. The SMILES string of the molecule is Cc1cc(C(=O)Nc2ccccc2F)nc(NC(C)(C)C)n1. The largest absolute Gasteiger partial charge is 0.350 e. The fraction of sp³-hybridized carbons (Fsp3) is 0.312. The molecule has 1 aromatic heterocycles.